The van der Waals surface area contributed by atoms with Gasteiger partial charge in [0.15, 0.2) is 5.78 Å². The van der Waals surface area contributed by atoms with Crippen molar-refractivity contribution >= 4 is 5.78 Å². The van der Waals surface area contributed by atoms with E-state index >= 15 is 0 Å². The van der Waals surface area contributed by atoms with Crippen molar-refractivity contribution in [3.63, 3.8) is 0 Å². The number of aliphatic hydroxyl groups excluding tert-OH is 1. The molecule has 1 fully saturated rings. The number of ketones is 1. The lowest BCUT2D eigenvalue weighted by atomic mass is 9.63. The van der Waals surface area contributed by atoms with E-state index in [1.54, 1.807) is 0 Å². The lowest BCUT2D eigenvalue weighted by molar-refractivity contribution is -0.250. The fraction of sp³-hybridized carbons (Fsp3) is 0.750. The maximum Gasteiger partial charge on any atom is 0.152 e. The van der Waals surface area contributed by atoms with Gasteiger partial charge in [0, 0.05) is 12.8 Å². The van der Waals surface area contributed by atoms with Crippen LogP contribution in [0, 0.1) is 0 Å². The van der Waals surface area contributed by atoms with E-state index in [1.807, 2.05) is 0 Å². The van der Waals surface area contributed by atoms with E-state index in [1.165, 1.54) is 20.8 Å². The standard InChI is InChI=1S/C12H20O5/c1-8(13)4-5-12(17)10(2,15)6-9(14)7-11(12,3)16/h4-5,9,14-17H,6-7H2,1-3H3/b5-4+/t9?,10-,11?,12?/m1/s1. The van der Waals surface area contributed by atoms with Crippen LogP contribution in [0.1, 0.15) is 33.6 Å². The van der Waals surface area contributed by atoms with Gasteiger partial charge in [-0.3, -0.25) is 4.79 Å². The number of aliphatic hydroxyl groups is 4. The van der Waals surface area contributed by atoms with Crippen LogP contribution in [0.5, 0.6) is 0 Å². The zero-order chi connectivity index (χ0) is 13.5. The van der Waals surface area contributed by atoms with Crippen molar-refractivity contribution in [2.45, 2.75) is 56.5 Å². The second-order valence-electron chi connectivity index (χ2n) is 5.32. The van der Waals surface area contributed by atoms with Gasteiger partial charge in [-0.15, -0.1) is 0 Å². The third-order valence-electron chi connectivity index (χ3n) is 3.47. The van der Waals surface area contributed by atoms with Gasteiger partial charge >= 0.3 is 0 Å². The molecule has 1 saturated carbocycles. The van der Waals surface area contributed by atoms with E-state index in [2.05, 4.69) is 0 Å². The Kier molecular flexibility index (Phi) is 3.51. The predicted octanol–water partition coefficient (Wildman–Crippen LogP) is -0.481. The quantitative estimate of drug-likeness (QED) is 0.492. The highest BCUT2D eigenvalue weighted by atomic mass is 16.4. The van der Waals surface area contributed by atoms with Gasteiger partial charge in [0.1, 0.15) is 5.60 Å². The van der Waals surface area contributed by atoms with Gasteiger partial charge in [0.25, 0.3) is 0 Å². The van der Waals surface area contributed by atoms with E-state index < -0.39 is 22.9 Å². The van der Waals surface area contributed by atoms with Crippen molar-refractivity contribution in [2.75, 3.05) is 0 Å². The number of hydrogen-bond acceptors (Lipinski definition) is 5. The Morgan fingerprint density at radius 1 is 1.18 bits per heavy atom. The predicted molar refractivity (Wildman–Crippen MR) is 61.3 cm³/mol. The van der Waals surface area contributed by atoms with Gasteiger partial charge in [-0.25, -0.2) is 0 Å². The lowest BCUT2D eigenvalue weighted by Gasteiger charge is -2.53. The molecule has 3 unspecified atom stereocenters. The van der Waals surface area contributed by atoms with Crippen LogP contribution in [0.15, 0.2) is 12.2 Å². The molecule has 98 valence electrons. The van der Waals surface area contributed by atoms with E-state index in [4.69, 9.17) is 0 Å². The summed E-state index contributed by atoms with van der Waals surface area (Å²) < 4.78 is 0. The SMILES string of the molecule is CC(=O)/C=C/C1(O)C(C)(O)CC(O)C[C@@]1(C)O. The first-order valence-corrected chi connectivity index (χ1v) is 5.57. The van der Waals surface area contributed by atoms with Crippen LogP contribution < -0.4 is 0 Å². The van der Waals surface area contributed by atoms with E-state index in [0.29, 0.717) is 0 Å². The second kappa shape index (κ2) is 4.17. The molecule has 0 aliphatic heterocycles. The minimum absolute atomic E-state index is 0.0676. The summed E-state index contributed by atoms with van der Waals surface area (Å²) in [4.78, 5) is 10.9. The van der Waals surface area contributed by atoms with Gasteiger partial charge in [-0.1, -0.05) is 0 Å². The molecule has 0 bridgehead atoms. The third kappa shape index (κ3) is 2.42. The molecule has 17 heavy (non-hydrogen) atoms. The number of carbonyl (C=O) groups is 1. The Morgan fingerprint density at radius 2 is 1.59 bits per heavy atom. The largest absolute Gasteiger partial charge is 0.393 e. The Morgan fingerprint density at radius 3 is 1.94 bits per heavy atom. The van der Waals surface area contributed by atoms with Gasteiger partial charge in [-0.05, 0) is 32.9 Å². The Labute approximate surface area is 100 Å². The first kappa shape index (κ1) is 14.3. The van der Waals surface area contributed by atoms with Crippen LogP contribution in [0.4, 0.5) is 0 Å². The number of rotatable bonds is 2. The minimum Gasteiger partial charge on any atom is -0.393 e. The summed E-state index contributed by atoms with van der Waals surface area (Å²) >= 11 is 0. The molecule has 0 radical (unpaired) electrons. The van der Waals surface area contributed by atoms with Gasteiger partial charge in [0.05, 0.1) is 17.3 Å². The normalized spacial score (nSPS) is 47.4. The molecule has 4 N–H and O–H groups in total. The first-order chi connectivity index (χ1) is 7.52. The molecular formula is C12H20O5. The van der Waals surface area contributed by atoms with Crippen molar-refractivity contribution < 1.29 is 25.2 Å². The fourth-order valence-electron chi connectivity index (χ4n) is 2.48. The molecule has 0 spiro atoms. The minimum atomic E-state index is -1.97. The van der Waals surface area contributed by atoms with Crippen LogP contribution >= 0.6 is 0 Å². The second-order valence-corrected chi connectivity index (χ2v) is 5.32. The van der Waals surface area contributed by atoms with Crippen molar-refractivity contribution in [3.05, 3.63) is 12.2 Å². The summed E-state index contributed by atoms with van der Waals surface area (Å²) in [6.45, 7) is 3.96. The monoisotopic (exact) mass is 244 g/mol. The first-order valence-electron chi connectivity index (χ1n) is 5.57. The van der Waals surface area contributed by atoms with Crippen LogP contribution in [-0.4, -0.2) is 49.1 Å². The van der Waals surface area contributed by atoms with Crippen molar-refractivity contribution in [3.8, 4) is 0 Å². The van der Waals surface area contributed by atoms with Crippen molar-refractivity contribution in [2.24, 2.45) is 0 Å². The van der Waals surface area contributed by atoms with Gasteiger partial charge in [-0.2, -0.15) is 0 Å². The van der Waals surface area contributed by atoms with Gasteiger partial charge < -0.3 is 20.4 Å². The molecule has 1 aliphatic rings. The number of carbonyl (C=O) groups excluding carboxylic acids is 1. The summed E-state index contributed by atoms with van der Waals surface area (Å²) in [5.41, 5.74) is -5.38. The van der Waals surface area contributed by atoms with E-state index in [0.717, 1.165) is 12.2 Å². The summed E-state index contributed by atoms with van der Waals surface area (Å²) in [6.07, 6.45) is 1.19. The average molecular weight is 244 g/mol. The van der Waals surface area contributed by atoms with Crippen LogP contribution in [-0.2, 0) is 4.79 Å². The molecule has 0 aromatic carbocycles. The summed E-state index contributed by atoms with van der Waals surface area (Å²) in [7, 11) is 0. The summed E-state index contributed by atoms with van der Waals surface area (Å²) in [6, 6.07) is 0. The lowest BCUT2D eigenvalue weighted by Crippen LogP contribution is -2.69. The zero-order valence-corrected chi connectivity index (χ0v) is 10.3. The number of allylic oxidation sites excluding steroid dienone is 1. The number of hydrogen-bond donors (Lipinski definition) is 4. The molecular weight excluding hydrogens is 224 g/mol. The smallest absolute Gasteiger partial charge is 0.152 e. The molecule has 0 aromatic rings. The highest BCUT2D eigenvalue weighted by molar-refractivity contribution is 5.87. The highest BCUT2D eigenvalue weighted by Gasteiger charge is 2.60. The van der Waals surface area contributed by atoms with Crippen LogP contribution in [0.25, 0.3) is 0 Å². The van der Waals surface area contributed by atoms with E-state index in [9.17, 15) is 25.2 Å². The van der Waals surface area contributed by atoms with Crippen LogP contribution in [0.2, 0.25) is 0 Å². The topological polar surface area (TPSA) is 98.0 Å². The Bertz CT molecular complexity index is 325. The molecule has 0 saturated heterocycles. The zero-order valence-electron chi connectivity index (χ0n) is 10.3. The molecule has 5 heteroatoms. The molecule has 0 aromatic heterocycles. The molecule has 1 rings (SSSR count). The average Bonchev–Trinajstić information content (AvgIpc) is 2.09. The molecule has 4 atom stereocenters. The Hall–Kier alpha value is -0.750. The molecule has 5 nitrogen and oxygen atoms in total. The van der Waals surface area contributed by atoms with Crippen LogP contribution in [0.3, 0.4) is 0 Å². The molecule has 1 aliphatic carbocycles. The highest BCUT2D eigenvalue weighted by Crippen LogP contribution is 2.44. The summed E-state index contributed by atoms with van der Waals surface area (Å²) in [5, 5.41) is 40.4. The third-order valence-corrected chi connectivity index (χ3v) is 3.47. The maximum absolute atomic E-state index is 10.9. The molecule has 0 amide bonds. The van der Waals surface area contributed by atoms with Crippen molar-refractivity contribution in [1.29, 1.82) is 0 Å². The fourth-order valence-corrected chi connectivity index (χ4v) is 2.48. The Balaban J connectivity index is 3.19. The van der Waals surface area contributed by atoms with Gasteiger partial charge in [0.2, 0.25) is 0 Å². The van der Waals surface area contributed by atoms with E-state index in [-0.39, 0.29) is 18.6 Å². The van der Waals surface area contributed by atoms with Crippen molar-refractivity contribution in [1.82, 2.24) is 0 Å². The summed E-state index contributed by atoms with van der Waals surface area (Å²) in [5.74, 6) is -0.295. The molecule has 0 heterocycles. The maximum atomic E-state index is 10.9.